The van der Waals surface area contributed by atoms with Crippen LogP contribution in [0.15, 0.2) is 49.2 Å². The molecular formula is C17H13NO2. The molecule has 0 aliphatic rings. The summed E-state index contributed by atoms with van der Waals surface area (Å²) in [6.07, 6.45) is 3.48. The van der Waals surface area contributed by atoms with E-state index in [1.165, 1.54) is 7.11 Å². The third-order valence-corrected chi connectivity index (χ3v) is 3.35. The Hall–Kier alpha value is -2.68. The zero-order valence-corrected chi connectivity index (χ0v) is 11.1. The van der Waals surface area contributed by atoms with Crippen LogP contribution in [0.4, 0.5) is 0 Å². The molecule has 0 aliphatic carbocycles. The second kappa shape index (κ2) is 4.78. The third kappa shape index (κ3) is 1.84. The summed E-state index contributed by atoms with van der Waals surface area (Å²) in [4.78, 5) is 16.5. The minimum absolute atomic E-state index is 0.352. The Kier molecular flexibility index (Phi) is 2.95. The summed E-state index contributed by atoms with van der Waals surface area (Å²) >= 11 is 0. The first-order valence-electron chi connectivity index (χ1n) is 6.27. The van der Waals surface area contributed by atoms with Crippen LogP contribution in [0.1, 0.15) is 15.9 Å². The minimum Gasteiger partial charge on any atom is -0.465 e. The van der Waals surface area contributed by atoms with Crippen LogP contribution < -0.4 is 0 Å². The lowest BCUT2D eigenvalue weighted by Crippen LogP contribution is -2.03. The molecule has 0 aliphatic heterocycles. The van der Waals surface area contributed by atoms with Crippen LogP contribution in [-0.4, -0.2) is 18.1 Å². The third-order valence-electron chi connectivity index (χ3n) is 3.35. The summed E-state index contributed by atoms with van der Waals surface area (Å²) in [5, 5.41) is 2.72. The maximum atomic E-state index is 12.1. The highest BCUT2D eigenvalue weighted by Gasteiger charge is 2.14. The van der Waals surface area contributed by atoms with Crippen molar-refractivity contribution in [3.63, 3.8) is 0 Å². The predicted molar refractivity (Wildman–Crippen MR) is 80.7 cm³/mol. The van der Waals surface area contributed by atoms with Crippen LogP contribution in [-0.2, 0) is 4.74 Å². The van der Waals surface area contributed by atoms with Crippen molar-refractivity contribution in [2.24, 2.45) is 0 Å². The number of carbonyl (C=O) groups is 1. The van der Waals surface area contributed by atoms with Crippen molar-refractivity contribution in [3.05, 3.63) is 60.3 Å². The first-order chi connectivity index (χ1) is 9.74. The number of hydrogen-bond donors (Lipinski definition) is 0. The first kappa shape index (κ1) is 12.4. The molecule has 0 saturated carbocycles. The van der Waals surface area contributed by atoms with Crippen LogP contribution in [0, 0.1) is 0 Å². The van der Waals surface area contributed by atoms with Crippen molar-refractivity contribution in [3.8, 4) is 0 Å². The number of ether oxygens (including phenoxy) is 1. The van der Waals surface area contributed by atoms with Crippen LogP contribution in [0.5, 0.6) is 0 Å². The Morgan fingerprint density at radius 2 is 2.10 bits per heavy atom. The number of methoxy groups -OCH3 is 1. The number of rotatable bonds is 2. The molecule has 0 unspecified atom stereocenters. The van der Waals surface area contributed by atoms with Crippen molar-refractivity contribution >= 4 is 33.7 Å². The highest BCUT2D eigenvalue weighted by Crippen LogP contribution is 2.29. The lowest BCUT2D eigenvalue weighted by atomic mass is 9.98. The quantitative estimate of drug-likeness (QED) is 0.521. The van der Waals surface area contributed by atoms with Gasteiger partial charge in [-0.15, -0.1) is 0 Å². The van der Waals surface area contributed by atoms with E-state index in [9.17, 15) is 4.79 Å². The number of nitrogens with zero attached hydrogens (tertiary/aromatic N) is 1. The normalized spacial score (nSPS) is 10.7. The second-order valence-corrected chi connectivity index (χ2v) is 4.50. The Morgan fingerprint density at radius 3 is 2.85 bits per heavy atom. The largest absolute Gasteiger partial charge is 0.465 e. The Labute approximate surface area is 116 Å². The van der Waals surface area contributed by atoms with E-state index < -0.39 is 0 Å². The van der Waals surface area contributed by atoms with Crippen molar-refractivity contribution in [2.45, 2.75) is 0 Å². The van der Waals surface area contributed by atoms with E-state index >= 15 is 0 Å². The van der Waals surface area contributed by atoms with Gasteiger partial charge in [0.25, 0.3) is 0 Å². The van der Waals surface area contributed by atoms with Crippen molar-refractivity contribution < 1.29 is 9.53 Å². The molecule has 98 valence electrons. The van der Waals surface area contributed by atoms with Gasteiger partial charge in [0.15, 0.2) is 0 Å². The molecule has 0 saturated heterocycles. The summed E-state index contributed by atoms with van der Waals surface area (Å²) in [5.41, 5.74) is 2.27. The topological polar surface area (TPSA) is 39.2 Å². The van der Waals surface area contributed by atoms with E-state index in [4.69, 9.17) is 4.74 Å². The first-order valence-corrected chi connectivity index (χ1v) is 6.27. The molecule has 0 amide bonds. The molecular weight excluding hydrogens is 250 g/mol. The van der Waals surface area contributed by atoms with Gasteiger partial charge in [0.05, 0.1) is 18.2 Å². The molecule has 1 heterocycles. The van der Waals surface area contributed by atoms with Gasteiger partial charge in [-0.3, -0.25) is 4.98 Å². The number of fused-ring (bicyclic) bond motifs is 3. The highest BCUT2D eigenvalue weighted by molar-refractivity contribution is 6.15. The van der Waals surface area contributed by atoms with Crippen LogP contribution in [0.2, 0.25) is 0 Å². The second-order valence-electron chi connectivity index (χ2n) is 4.50. The monoisotopic (exact) mass is 263 g/mol. The van der Waals surface area contributed by atoms with E-state index in [0.29, 0.717) is 5.56 Å². The van der Waals surface area contributed by atoms with Gasteiger partial charge in [-0.25, -0.2) is 4.79 Å². The van der Waals surface area contributed by atoms with Crippen LogP contribution >= 0.6 is 0 Å². The standard InChI is InChI=1S/C17H13NO2/c1-3-11-8-12-10-18-15-7-5-4-6-13(15)16(12)14(9-11)17(19)20-2/h3-10H,1H2,2H3. The van der Waals surface area contributed by atoms with Crippen LogP contribution in [0.3, 0.4) is 0 Å². The predicted octanol–water partition coefficient (Wildman–Crippen LogP) is 3.82. The van der Waals surface area contributed by atoms with Crippen LogP contribution in [0.25, 0.3) is 27.8 Å². The summed E-state index contributed by atoms with van der Waals surface area (Å²) < 4.78 is 4.90. The summed E-state index contributed by atoms with van der Waals surface area (Å²) in [6.45, 7) is 3.75. The average Bonchev–Trinajstić information content (AvgIpc) is 2.52. The summed E-state index contributed by atoms with van der Waals surface area (Å²) in [7, 11) is 1.39. The van der Waals surface area contributed by atoms with E-state index in [-0.39, 0.29) is 5.97 Å². The van der Waals surface area contributed by atoms with E-state index in [1.807, 2.05) is 30.3 Å². The van der Waals surface area contributed by atoms with Gasteiger partial charge in [-0.05, 0) is 23.8 Å². The number of para-hydroxylation sites is 1. The Balaban J connectivity index is 2.51. The number of benzene rings is 2. The fraction of sp³-hybridized carbons (Fsp3) is 0.0588. The fourth-order valence-corrected chi connectivity index (χ4v) is 2.42. The lowest BCUT2D eigenvalue weighted by Gasteiger charge is -2.09. The molecule has 0 bridgehead atoms. The van der Waals surface area contributed by atoms with Gasteiger partial charge in [-0.2, -0.15) is 0 Å². The van der Waals surface area contributed by atoms with Gasteiger partial charge in [-0.1, -0.05) is 30.9 Å². The molecule has 3 nitrogen and oxygen atoms in total. The molecule has 3 rings (SSSR count). The average molecular weight is 263 g/mol. The smallest absolute Gasteiger partial charge is 0.338 e. The van der Waals surface area contributed by atoms with Crippen molar-refractivity contribution in [1.29, 1.82) is 0 Å². The zero-order chi connectivity index (χ0) is 14.1. The molecule has 0 fully saturated rings. The number of pyridine rings is 1. The van der Waals surface area contributed by atoms with Crippen molar-refractivity contribution in [1.82, 2.24) is 4.98 Å². The van der Waals surface area contributed by atoms with E-state index in [2.05, 4.69) is 11.6 Å². The molecule has 0 spiro atoms. The summed E-state index contributed by atoms with van der Waals surface area (Å²) in [5.74, 6) is -0.352. The number of esters is 1. The van der Waals surface area contributed by atoms with E-state index in [1.54, 1.807) is 18.3 Å². The molecule has 3 heteroatoms. The van der Waals surface area contributed by atoms with Gasteiger partial charge in [0, 0.05) is 22.4 Å². The lowest BCUT2D eigenvalue weighted by molar-refractivity contribution is 0.0603. The molecule has 0 atom stereocenters. The number of aromatic nitrogens is 1. The molecule has 0 N–H and O–H groups in total. The van der Waals surface area contributed by atoms with Crippen molar-refractivity contribution in [2.75, 3.05) is 7.11 Å². The van der Waals surface area contributed by atoms with Gasteiger partial charge in [0.1, 0.15) is 0 Å². The maximum Gasteiger partial charge on any atom is 0.338 e. The van der Waals surface area contributed by atoms with E-state index in [0.717, 1.165) is 27.2 Å². The maximum absolute atomic E-state index is 12.1. The van der Waals surface area contributed by atoms with Gasteiger partial charge in [0.2, 0.25) is 0 Å². The summed E-state index contributed by atoms with van der Waals surface area (Å²) in [6, 6.07) is 11.5. The molecule has 3 aromatic rings. The van der Waals surface area contributed by atoms with Gasteiger partial charge < -0.3 is 4.74 Å². The molecule has 2 aromatic carbocycles. The molecule has 20 heavy (non-hydrogen) atoms. The highest BCUT2D eigenvalue weighted by atomic mass is 16.5. The SMILES string of the molecule is C=Cc1cc(C(=O)OC)c2c(cnc3ccccc32)c1. The molecule has 1 aromatic heterocycles. The number of hydrogen-bond acceptors (Lipinski definition) is 3. The molecule has 0 radical (unpaired) electrons. The zero-order valence-electron chi connectivity index (χ0n) is 11.1. The minimum atomic E-state index is -0.352. The Bertz CT molecular complexity index is 837. The Morgan fingerprint density at radius 1 is 1.30 bits per heavy atom. The number of carbonyl (C=O) groups excluding carboxylic acids is 1. The fourth-order valence-electron chi connectivity index (χ4n) is 2.42. The van der Waals surface area contributed by atoms with Gasteiger partial charge >= 0.3 is 5.97 Å².